The van der Waals surface area contributed by atoms with Crippen LogP contribution < -0.4 is 10.6 Å². The fourth-order valence-corrected chi connectivity index (χ4v) is 7.91. The van der Waals surface area contributed by atoms with Crippen molar-refractivity contribution in [1.82, 2.24) is 30.5 Å². The van der Waals surface area contributed by atoms with Crippen molar-refractivity contribution in [2.24, 2.45) is 11.8 Å². The molecule has 0 saturated carbocycles. The minimum atomic E-state index is -0.762. The number of likely N-dealkylation sites (tertiary alicyclic amines) is 1. The van der Waals surface area contributed by atoms with E-state index in [1.54, 1.807) is 30.4 Å². The molecule has 6 atom stereocenters. The molecule has 3 N–H and O–H groups in total. The maximum atomic E-state index is 13.6. The van der Waals surface area contributed by atoms with E-state index < -0.39 is 28.7 Å². The summed E-state index contributed by atoms with van der Waals surface area (Å²) >= 11 is 1.60. The van der Waals surface area contributed by atoms with Gasteiger partial charge in [0.05, 0.1) is 34.7 Å². The predicted molar refractivity (Wildman–Crippen MR) is 117 cm³/mol. The number of aliphatic hydroxyl groups is 1. The van der Waals surface area contributed by atoms with E-state index in [0.29, 0.717) is 6.42 Å². The number of nitrogens with zero attached hydrogens (tertiary/aromatic N) is 4. The summed E-state index contributed by atoms with van der Waals surface area (Å²) in [7, 11) is 1.58. The first-order chi connectivity index (χ1) is 15.4. The van der Waals surface area contributed by atoms with Crippen molar-refractivity contribution in [3.63, 3.8) is 0 Å². The Bertz CT molecular complexity index is 1090. The number of rotatable bonds is 6. The molecular formula is C21H26N6O4S. The highest BCUT2D eigenvalue weighted by Gasteiger charge is 2.73. The molecule has 3 saturated heterocycles. The number of nitrogens with one attached hydrogen (secondary N) is 2. The Morgan fingerprint density at radius 2 is 2.12 bits per heavy atom. The Kier molecular flexibility index (Phi) is 5.12. The van der Waals surface area contributed by atoms with Gasteiger partial charge < -0.3 is 20.6 Å². The molecule has 3 aliphatic heterocycles. The number of carbonyl (C=O) groups is 3. The first kappa shape index (κ1) is 21.2. The van der Waals surface area contributed by atoms with E-state index in [2.05, 4.69) is 20.9 Å². The van der Waals surface area contributed by atoms with E-state index in [9.17, 15) is 19.5 Å². The molecule has 170 valence electrons. The third-order valence-electron chi connectivity index (χ3n) is 7.10. The van der Waals surface area contributed by atoms with E-state index in [1.807, 2.05) is 24.3 Å². The minimum absolute atomic E-state index is 0.0186. The quantitative estimate of drug-likeness (QED) is 0.543. The average Bonchev–Trinajstić information content (AvgIpc) is 3.55. The van der Waals surface area contributed by atoms with Gasteiger partial charge in [-0.25, -0.2) is 4.68 Å². The Balaban J connectivity index is 1.46. The fraction of sp³-hybridized carbons (Fsp3) is 0.571. The summed E-state index contributed by atoms with van der Waals surface area (Å²) < 4.78 is 0.933. The molecule has 1 spiro atoms. The van der Waals surface area contributed by atoms with Gasteiger partial charge in [0.2, 0.25) is 17.7 Å². The number of carbonyl (C=O) groups excluding carboxylic acids is 3. The SMILES string of the molecule is CNC(=O)[C@@H]1[C@H]2C(=O)N([C@H](C)CO)C(C(=O)NCn3nnc4ccccc43)C23CC[C@H]1S3. The fourth-order valence-electron chi connectivity index (χ4n) is 5.70. The molecule has 1 aromatic carbocycles. The molecular weight excluding hydrogens is 432 g/mol. The van der Waals surface area contributed by atoms with Crippen molar-refractivity contribution < 1.29 is 19.5 Å². The van der Waals surface area contributed by atoms with Gasteiger partial charge in [0, 0.05) is 12.3 Å². The van der Waals surface area contributed by atoms with Crippen molar-refractivity contribution in [2.45, 2.75) is 48.5 Å². The van der Waals surface area contributed by atoms with Crippen LogP contribution in [0.5, 0.6) is 0 Å². The zero-order chi connectivity index (χ0) is 22.6. The lowest BCUT2D eigenvalue weighted by molar-refractivity contribution is -0.142. The van der Waals surface area contributed by atoms with E-state index in [4.69, 9.17) is 0 Å². The first-order valence-corrected chi connectivity index (χ1v) is 11.7. The Labute approximate surface area is 189 Å². The maximum absolute atomic E-state index is 13.6. The third-order valence-corrected chi connectivity index (χ3v) is 9.05. The van der Waals surface area contributed by atoms with Crippen LogP contribution in [-0.4, -0.2) is 78.5 Å². The number of para-hydroxylation sites is 1. The molecule has 2 aromatic rings. The monoisotopic (exact) mass is 458 g/mol. The number of amides is 3. The molecule has 3 fully saturated rings. The standard InChI is InChI=1S/C21H26N6O4S/c1-11(9-28)27-17(19(30)23-10-26-13-6-4-3-5-12(13)24-25-26)21-8-7-14(32-21)15(18(29)22-2)16(21)20(27)31/h3-6,11,14-17,28H,7-10H2,1-2H3,(H,22,29)(H,23,30)/t11-,14-,15+,16+,17?,21?/m1/s1. The van der Waals surface area contributed by atoms with Crippen LogP contribution in [0.4, 0.5) is 0 Å². The number of aromatic nitrogens is 3. The van der Waals surface area contributed by atoms with Gasteiger partial charge in [-0.15, -0.1) is 16.9 Å². The predicted octanol–water partition coefficient (Wildman–Crippen LogP) is -0.277. The third kappa shape index (κ3) is 2.87. The number of benzene rings is 1. The van der Waals surface area contributed by atoms with E-state index in [1.165, 1.54) is 4.90 Å². The number of hydrogen-bond donors (Lipinski definition) is 3. The summed E-state index contributed by atoms with van der Waals surface area (Å²) in [6, 6.07) is 6.17. The molecule has 5 rings (SSSR count). The summed E-state index contributed by atoms with van der Waals surface area (Å²) in [4.78, 5) is 41.3. The molecule has 2 unspecified atom stereocenters. The van der Waals surface area contributed by atoms with Crippen LogP contribution in [-0.2, 0) is 21.1 Å². The molecule has 4 heterocycles. The highest BCUT2D eigenvalue weighted by molar-refractivity contribution is 8.02. The molecule has 3 amide bonds. The summed E-state index contributed by atoms with van der Waals surface area (Å²) in [5.74, 6) is -1.71. The van der Waals surface area contributed by atoms with Gasteiger partial charge >= 0.3 is 0 Å². The number of thioether (sulfide) groups is 1. The normalized spacial score (nSPS) is 31.7. The number of fused-ring (bicyclic) bond motifs is 2. The van der Waals surface area contributed by atoms with E-state index in [0.717, 1.165) is 17.5 Å². The van der Waals surface area contributed by atoms with Gasteiger partial charge in [-0.05, 0) is 31.9 Å². The lowest BCUT2D eigenvalue weighted by Crippen LogP contribution is -2.56. The van der Waals surface area contributed by atoms with Crippen molar-refractivity contribution in [2.75, 3.05) is 13.7 Å². The van der Waals surface area contributed by atoms with E-state index >= 15 is 0 Å². The lowest BCUT2D eigenvalue weighted by atomic mass is 9.71. The Hall–Kier alpha value is -2.66. The molecule has 11 heteroatoms. The topological polar surface area (TPSA) is 129 Å². The highest BCUT2D eigenvalue weighted by Crippen LogP contribution is 2.66. The zero-order valence-corrected chi connectivity index (χ0v) is 18.7. The van der Waals surface area contributed by atoms with Gasteiger partial charge in [0.15, 0.2) is 0 Å². The number of hydrogen-bond acceptors (Lipinski definition) is 7. The van der Waals surface area contributed by atoms with Crippen LogP contribution >= 0.6 is 11.8 Å². The Morgan fingerprint density at radius 1 is 1.34 bits per heavy atom. The second-order valence-electron chi connectivity index (χ2n) is 8.72. The molecule has 3 aliphatic rings. The smallest absolute Gasteiger partial charge is 0.245 e. The summed E-state index contributed by atoms with van der Waals surface area (Å²) in [5, 5.41) is 23.7. The second kappa shape index (κ2) is 7.73. The zero-order valence-electron chi connectivity index (χ0n) is 17.9. The minimum Gasteiger partial charge on any atom is -0.394 e. The van der Waals surface area contributed by atoms with Gasteiger partial charge in [-0.1, -0.05) is 17.3 Å². The lowest BCUT2D eigenvalue weighted by Gasteiger charge is -2.35. The molecule has 2 bridgehead atoms. The molecule has 32 heavy (non-hydrogen) atoms. The van der Waals surface area contributed by atoms with Crippen LogP contribution in [0.15, 0.2) is 24.3 Å². The van der Waals surface area contributed by atoms with Gasteiger partial charge in [0.25, 0.3) is 0 Å². The van der Waals surface area contributed by atoms with Crippen LogP contribution in [0.1, 0.15) is 19.8 Å². The first-order valence-electron chi connectivity index (χ1n) is 10.8. The van der Waals surface area contributed by atoms with Crippen LogP contribution in [0.3, 0.4) is 0 Å². The second-order valence-corrected chi connectivity index (χ2v) is 10.3. The number of aliphatic hydroxyl groups excluding tert-OH is 1. The molecule has 10 nitrogen and oxygen atoms in total. The Morgan fingerprint density at radius 3 is 2.88 bits per heavy atom. The largest absolute Gasteiger partial charge is 0.394 e. The summed E-state index contributed by atoms with van der Waals surface area (Å²) in [6.07, 6.45) is 1.47. The van der Waals surface area contributed by atoms with Crippen LogP contribution in [0.2, 0.25) is 0 Å². The van der Waals surface area contributed by atoms with E-state index in [-0.39, 0.29) is 36.2 Å². The van der Waals surface area contributed by atoms with Crippen molar-refractivity contribution in [3.05, 3.63) is 24.3 Å². The molecule has 1 aromatic heterocycles. The van der Waals surface area contributed by atoms with Crippen LogP contribution in [0.25, 0.3) is 11.0 Å². The van der Waals surface area contributed by atoms with Crippen molar-refractivity contribution in [3.8, 4) is 0 Å². The highest BCUT2D eigenvalue weighted by atomic mass is 32.2. The average molecular weight is 459 g/mol. The maximum Gasteiger partial charge on any atom is 0.245 e. The van der Waals surface area contributed by atoms with Crippen molar-refractivity contribution in [1.29, 1.82) is 0 Å². The molecule has 0 aliphatic carbocycles. The summed E-state index contributed by atoms with van der Waals surface area (Å²) in [5.41, 5.74) is 1.52. The van der Waals surface area contributed by atoms with Gasteiger partial charge in [-0.3, -0.25) is 14.4 Å². The van der Waals surface area contributed by atoms with Gasteiger partial charge in [0.1, 0.15) is 18.2 Å². The van der Waals surface area contributed by atoms with Crippen molar-refractivity contribution >= 4 is 40.5 Å². The molecule has 0 radical (unpaired) electrons. The van der Waals surface area contributed by atoms with Crippen LogP contribution in [0, 0.1) is 11.8 Å². The van der Waals surface area contributed by atoms with Gasteiger partial charge in [-0.2, -0.15) is 0 Å². The summed E-state index contributed by atoms with van der Waals surface area (Å²) in [6.45, 7) is 1.58.